The van der Waals surface area contributed by atoms with Gasteiger partial charge in [0.15, 0.2) is 0 Å². The van der Waals surface area contributed by atoms with Crippen LogP contribution in [-0.4, -0.2) is 23.7 Å². The molecular weight excluding hydrogens is 148 g/mol. The molecule has 0 aliphatic carbocycles. The van der Waals surface area contributed by atoms with E-state index < -0.39 is 10.4 Å². The van der Waals surface area contributed by atoms with Crippen molar-refractivity contribution in [2.75, 3.05) is 0 Å². The van der Waals surface area contributed by atoms with E-state index in [2.05, 4.69) is 0 Å². The SMILES string of the molecule is CC(N)N.O=S(=O)(O)O. The normalized spacial score (nSPS) is 10.4. The number of hydrogen-bond donors (Lipinski definition) is 4. The average Bonchev–Trinajstić information content (AvgIpc) is 1.19. The minimum atomic E-state index is -4.67. The van der Waals surface area contributed by atoms with E-state index in [-0.39, 0.29) is 6.17 Å². The first-order valence-electron chi connectivity index (χ1n) is 1.94. The monoisotopic (exact) mass is 158 g/mol. The van der Waals surface area contributed by atoms with Crippen LogP contribution in [0.4, 0.5) is 0 Å². The predicted octanol–water partition coefficient (Wildman–Crippen LogP) is -1.40. The van der Waals surface area contributed by atoms with Crippen molar-refractivity contribution in [1.29, 1.82) is 0 Å². The van der Waals surface area contributed by atoms with Gasteiger partial charge in [-0.3, -0.25) is 9.11 Å². The topological polar surface area (TPSA) is 127 Å². The van der Waals surface area contributed by atoms with Gasteiger partial charge in [-0.15, -0.1) is 0 Å². The summed E-state index contributed by atoms with van der Waals surface area (Å²) < 4.78 is 31.6. The molecule has 9 heavy (non-hydrogen) atoms. The Hall–Kier alpha value is -0.210. The molecule has 0 aliphatic rings. The zero-order chi connectivity index (χ0) is 8.08. The second-order valence-electron chi connectivity index (χ2n) is 1.31. The molecule has 6 nitrogen and oxygen atoms in total. The summed E-state index contributed by atoms with van der Waals surface area (Å²) in [7, 11) is -4.67. The van der Waals surface area contributed by atoms with Crippen molar-refractivity contribution in [3.8, 4) is 0 Å². The van der Waals surface area contributed by atoms with Crippen LogP contribution in [0.5, 0.6) is 0 Å². The Kier molecular flexibility index (Phi) is 5.98. The molecule has 0 aromatic carbocycles. The smallest absolute Gasteiger partial charge is 0.316 e. The first-order chi connectivity index (χ1) is 3.73. The summed E-state index contributed by atoms with van der Waals surface area (Å²) >= 11 is 0. The van der Waals surface area contributed by atoms with E-state index in [1.165, 1.54) is 0 Å². The Morgan fingerprint density at radius 1 is 1.33 bits per heavy atom. The number of rotatable bonds is 0. The molecule has 0 radical (unpaired) electrons. The third kappa shape index (κ3) is 5920. The molecule has 0 aliphatic heterocycles. The van der Waals surface area contributed by atoms with Gasteiger partial charge in [-0.25, -0.2) is 0 Å². The van der Waals surface area contributed by atoms with Crippen LogP contribution < -0.4 is 11.5 Å². The zero-order valence-electron chi connectivity index (χ0n) is 4.85. The number of nitrogens with two attached hydrogens (primary N) is 2. The van der Waals surface area contributed by atoms with E-state index in [4.69, 9.17) is 29.0 Å². The molecule has 0 saturated carbocycles. The van der Waals surface area contributed by atoms with Crippen LogP contribution in [0.15, 0.2) is 0 Å². The van der Waals surface area contributed by atoms with Crippen molar-refractivity contribution in [3.63, 3.8) is 0 Å². The molecule has 58 valence electrons. The third-order valence-electron chi connectivity index (χ3n) is 0. The highest BCUT2D eigenvalue weighted by Crippen LogP contribution is 1.59. The molecule has 0 spiro atoms. The summed E-state index contributed by atoms with van der Waals surface area (Å²) in [5.41, 5.74) is 9.78. The Morgan fingerprint density at radius 3 is 1.33 bits per heavy atom. The molecule has 7 heteroatoms. The van der Waals surface area contributed by atoms with Crippen LogP contribution in [0.25, 0.3) is 0 Å². The van der Waals surface area contributed by atoms with Crippen LogP contribution in [-0.2, 0) is 10.4 Å². The van der Waals surface area contributed by atoms with Gasteiger partial charge in [-0.1, -0.05) is 0 Å². The molecule has 0 aromatic rings. The summed E-state index contributed by atoms with van der Waals surface area (Å²) in [5, 5.41) is 0. The van der Waals surface area contributed by atoms with Crippen LogP contribution >= 0.6 is 0 Å². The average molecular weight is 158 g/mol. The van der Waals surface area contributed by atoms with Gasteiger partial charge >= 0.3 is 10.4 Å². The Labute approximate surface area is 53.4 Å². The first-order valence-corrected chi connectivity index (χ1v) is 3.34. The lowest BCUT2D eigenvalue weighted by atomic mass is 10.7. The molecule has 0 atom stereocenters. The van der Waals surface area contributed by atoms with Crippen LogP contribution in [0.1, 0.15) is 6.92 Å². The van der Waals surface area contributed by atoms with Crippen LogP contribution in [0.2, 0.25) is 0 Å². The van der Waals surface area contributed by atoms with Gasteiger partial charge in [0, 0.05) is 6.17 Å². The molecule has 0 bridgehead atoms. The van der Waals surface area contributed by atoms with E-state index in [0.717, 1.165) is 0 Å². The summed E-state index contributed by atoms with van der Waals surface area (Å²) in [6.07, 6.45) is -0.167. The van der Waals surface area contributed by atoms with Crippen LogP contribution in [0.3, 0.4) is 0 Å². The number of hydrogen-bond acceptors (Lipinski definition) is 4. The quantitative estimate of drug-likeness (QED) is 0.253. The second kappa shape index (κ2) is 4.65. The highest BCUT2D eigenvalue weighted by molar-refractivity contribution is 7.79. The minimum Gasteiger partial charge on any atom is -0.316 e. The van der Waals surface area contributed by atoms with Crippen molar-refractivity contribution < 1.29 is 17.5 Å². The van der Waals surface area contributed by atoms with Crippen molar-refractivity contribution >= 4 is 10.4 Å². The molecular formula is C2H10N2O4S. The largest absolute Gasteiger partial charge is 0.394 e. The van der Waals surface area contributed by atoms with Gasteiger partial charge in [0.05, 0.1) is 0 Å². The first kappa shape index (κ1) is 11.6. The van der Waals surface area contributed by atoms with Gasteiger partial charge < -0.3 is 11.5 Å². The van der Waals surface area contributed by atoms with E-state index in [1.807, 2.05) is 0 Å². The fourth-order valence-electron chi connectivity index (χ4n) is 0. The Balaban J connectivity index is 0. The van der Waals surface area contributed by atoms with Gasteiger partial charge in [0.2, 0.25) is 0 Å². The fourth-order valence-corrected chi connectivity index (χ4v) is 0. The molecule has 0 rings (SSSR count). The standard InChI is InChI=1S/C2H8N2.H2O4S/c1-2(3)4;1-5(2,3)4/h2H,3-4H2,1H3;(H2,1,2,3,4). The lowest BCUT2D eigenvalue weighted by Crippen LogP contribution is -2.25. The molecule has 0 amide bonds. The fraction of sp³-hybridized carbons (Fsp3) is 1.00. The van der Waals surface area contributed by atoms with Crippen LogP contribution in [0, 0.1) is 0 Å². The molecule has 6 N–H and O–H groups in total. The molecule has 0 saturated heterocycles. The maximum absolute atomic E-state index is 8.74. The van der Waals surface area contributed by atoms with Gasteiger partial charge in [0.1, 0.15) is 0 Å². The second-order valence-corrected chi connectivity index (χ2v) is 2.20. The molecule has 0 heterocycles. The summed E-state index contributed by atoms with van der Waals surface area (Å²) in [5.74, 6) is 0. The third-order valence-corrected chi connectivity index (χ3v) is 0. The summed E-state index contributed by atoms with van der Waals surface area (Å²) in [6, 6.07) is 0. The van der Waals surface area contributed by atoms with Gasteiger partial charge in [-0.05, 0) is 6.92 Å². The maximum atomic E-state index is 8.74. The van der Waals surface area contributed by atoms with Gasteiger partial charge in [0.25, 0.3) is 0 Å². The van der Waals surface area contributed by atoms with E-state index in [1.54, 1.807) is 6.92 Å². The lowest BCUT2D eigenvalue weighted by molar-refractivity contribution is 0.381. The van der Waals surface area contributed by atoms with Crippen molar-refractivity contribution in [1.82, 2.24) is 0 Å². The molecule has 0 aromatic heterocycles. The Bertz CT molecular complexity index is 128. The van der Waals surface area contributed by atoms with E-state index in [0.29, 0.717) is 0 Å². The van der Waals surface area contributed by atoms with E-state index in [9.17, 15) is 0 Å². The van der Waals surface area contributed by atoms with Crippen molar-refractivity contribution in [3.05, 3.63) is 0 Å². The van der Waals surface area contributed by atoms with Crippen molar-refractivity contribution in [2.24, 2.45) is 11.5 Å². The summed E-state index contributed by atoms with van der Waals surface area (Å²) in [6.45, 7) is 1.72. The predicted molar refractivity (Wildman–Crippen MR) is 32.0 cm³/mol. The maximum Gasteiger partial charge on any atom is 0.394 e. The van der Waals surface area contributed by atoms with Crippen molar-refractivity contribution in [2.45, 2.75) is 13.1 Å². The molecule has 0 fully saturated rings. The highest BCUT2D eigenvalue weighted by atomic mass is 32.3. The lowest BCUT2D eigenvalue weighted by Gasteiger charge is -1.83. The zero-order valence-corrected chi connectivity index (χ0v) is 5.67. The van der Waals surface area contributed by atoms with E-state index >= 15 is 0 Å². The summed E-state index contributed by atoms with van der Waals surface area (Å²) in [4.78, 5) is 0. The van der Waals surface area contributed by atoms with Gasteiger partial charge in [-0.2, -0.15) is 8.42 Å². The minimum absolute atomic E-state index is 0.167. The highest BCUT2D eigenvalue weighted by Gasteiger charge is 1.84. The molecule has 0 unspecified atom stereocenters. The Morgan fingerprint density at radius 2 is 1.33 bits per heavy atom.